The van der Waals surface area contributed by atoms with Gasteiger partial charge in [-0.25, -0.2) is 0 Å². The maximum atomic E-state index is 6.08. The topological polar surface area (TPSA) is 12.0 Å². The van der Waals surface area contributed by atoms with Gasteiger partial charge in [0.25, 0.3) is 0 Å². The van der Waals surface area contributed by atoms with E-state index in [1.165, 1.54) is 49.1 Å². The highest BCUT2D eigenvalue weighted by molar-refractivity contribution is 7.16. The van der Waals surface area contributed by atoms with Gasteiger partial charge in [-0.1, -0.05) is 31.4 Å². The Labute approximate surface area is 113 Å². The SMILES string of the molecule is CC1CCCC1CNC1CCc2sc(Cl)cc21. The Morgan fingerprint density at radius 3 is 3.06 bits per heavy atom. The number of hydrogen-bond donors (Lipinski definition) is 1. The van der Waals surface area contributed by atoms with Crippen molar-refractivity contribution in [3.05, 3.63) is 20.8 Å². The van der Waals surface area contributed by atoms with Gasteiger partial charge in [0.2, 0.25) is 0 Å². The first-order valence-electron chi connectivity index (χ1n) is 6.75. The van der Waals surface area contributed by atoms with Crippen molar-refractivity contribution in [1.29, 1.82) is 0 Å². The van der Waals surface area contributed by atoms with Crippen LogP contribution in [-0.4, -0.2) is 6.54 Å². The number of aryl methyl sites for hydroxylation is 1. The number of rotatable bonds is 3. The summed E-state index contributed by atoms with van der Waals surface area (Å²) in [6, 6.07) is 2.74. The molecule has 2 aliphatic rings. The Bertz CT molecular complexity index is 401. The number of thiophene rings is 1. The third kappa shape index (κ3) is 2.40. The van der Waals surface area contributed by atoms with Gasteiger partial charge in [0.1, 0.15) is 0 Å². The van der Waals surface area contributed by atoms with Crippen molar-refractivity contribution in [3.8, 4) is 0 Å². The summed E-state index contributed by atoms with van der Waals surface area (Å²) in [6.45, 7) is 3.60. The van der Waals surface area contributed by atoms with Crippen molar-refractivity contribution < 1.29 is 0 Å². The highest BCUT2D eigenvalue weighted by atomic mass is 35.5. The Morgan fingerprint density at radius 2 is 2.29 bits per heavy atom. The van der Waals surface area contributed by atoms with Gasteiger partial charge >= 0.3 is 0 Å². The number of nitrogens with one attached hydrogen (secondary N) is 1. The van der Waals surface area contributed by atoms with E-state index in [4.69, 9.17) is 11.6 Å². The molecule has 94 valence electrons. The molecule has 0 amide bonds. The molecular weight excluding hydrogens is 250 g/mol. The molecule has 3 unspecified atom stereocenters. The highest BCUT2D eigenvalue weighted by Crippen LogP contribution is 2.40. The zero-order chi connectivity index (χ0) is 11.8. The lowest BCUT2D eigenvalue weighted by Crippen LogP contribution is -2.27. The molecule has 1 saturated carbocycles. The first-order valence-corrected chi connectivity index (χ1v) is 7.95. The van der Waals surface area contributed by atoms with Crippen LogP contribution in [-0.2, 0) is 6.42 Å². The average molecular weight is 270 g/mol. The Kier molecular flexibility index (Phi) is 3.47. The van der Waals surface area contributed by atoms with E-state index in [9.17, 15) is 0 Å². The Balaban J connectivity index is 1.59. The highest BCUT2D eigenvalue weighted by Gasteiger charge is 2.28. The van der Waals surface area contributed by atoms with E-state index in [2.05, 4.69) is 18.3 Å². The third-order valence-electron chi connectivity index (χ3n) is 4.51. The number of fused-ring (bicyclic) bond motifs is 1. The van der Waals surface area contributed by atoms with Crippen molar-refractivity contribution in [2.45, 2.75) is 45.1 Å². The van der Waals surface area contributed by atoms with E-state index in [0.717, 1.165) is 16.2 Å². The molecule has 0 bridgehead atoms. The first-order chi connectivity index (χ1) is 8.24. The molecule has 1 fully saturated rings. The fourth-order valence-corrected chi connectivity index (χ4v) is 4.72. The lowest BCUT2D eigenvalue weighted by atomic mass is 9.97. The van der Waals surface area contributed by atoms with Gasteiger partial charge in [-0.15, -0.1) is 11.3 Å². The molecule has 1 nitrogen and oxygen atoms in total. The molecule has 0 aromatic carbocycles. The molecule has 1 heterocycles. The van der Waals surface area contributed by atoms with Gasteiger partial charge in [0.05, 0.1) is 4.34 Å². The zero-order valence-electron chi connectivity index (χ0n) is 10.3. The Hall–Kier alpha value is -0.0500. The zero-order valence-corrected chi connectivity index (χ0v) is 11.9. The van der Waals surface area contributed by atoms with Crippen LogP contribution in [0.15, 0.2) is 6.07 Å². The van der Waals surface area contributed by atoms with Crippen LogP contribution in [0.1, 0.15) is 49.1 Å². The van der Waals surface area contributed by atoms with Crippen molar-refractivity contribution in [1.82, 2.24) is 5.32 Å². The Morgan fingerprint density at radius 1 is 1.41 bits per heavy atom. The fourth-order valence-electron chi connectivity index (χ4n) is 3.36. The molecule has 0 aliphatic heterocycles. The first kappa shape index (κ1) is 12.0. The second-order valence-corrected chi connectivity index (χ2v) is 7.36. The number of hydrogen-bond acceptors (Lipinski definition) is 2. The molecule has 0 spiro atoms. The van der Waals surface area contributed by atoms with Crippen LogP contribution in [0, 0.1) is 11.8 Å². The van der Waals surface area contributed by atoms with E-state index < -0.39 is 0 Å². The maximum Gasteiger partial charge on any atom is 0.0934 e. The van der Waals surface area contributed by atoms with Crippen LogP contribution < -0.4 is 5.32 Å². The summed E-state index contributed by atoms with van der Waals surface area (Å²) in [5.74, 6) is 1.81. The van der Waals surface area contributed by atoms with Crippen LogP contribution in [0.25, 0.3) is 0 Å². The standard InChI is InChI=1S/C14H20ClNS/c1-9-3-2-4-10(9)8-16-12-5-6-13-11(12)7-14(15)17-13/h7,9-10,12,16H,2-6,8H2,1H3. The van der Waals surface area contributed by atoms with Gasteiger partial charge < -0.3 is 5.32 Å². The van der Waals surface area contributed by atoms with E-state index in [1.807, 2.05) is 0 Å². The molecule has 17 heavy (non-hydrogen) atoms. The van der Waals surface area contributed by atoms with Crippen LogP contribution in [0.5, 0.6) is 0 Å². The molecule has 1 aromatic heterocycles. The summed E-state index contributed by atoms with van der Waals surface area (Å²) in [6.07, 6.45) is 6.74. The van der Waals surface area contributed by atoms with E-state index in [1.54, 1.807) is 11.3 Å². The van der Waals surface area contributed by atoms with Crippen molar-refractivity contribution in [3.63, 3.8) is 0 Å². The minimum Gasteiger partial charge on any atom is -0.310 e. The van der Waals surface area contributed by atoms with E-state index in [0.29, 0.717) is 6.04 Å². The van der Waals surface area contributed by atoms with E-state index in [-0.39, 0.29) is 0 Å². The van der Waals surface area contributed by atoms with Crippen molar-refractivity contribution >= 4 is 22.9 Å². The summed E-state index contributed by atoms with van der Waals surface area (Å²) in [4.78, 5) is 1.51. The lowest BCUT2D eigenvalue weighted by Gasteiger charge is -2.19. The van der Waals surface area contributed by atoms with Crippen LogP contribution in [0.2, 0.25) is 4.34 Å². The lowest BCUT2D eigenvalue weighted by molar-refractivity contribution is 0.367. The largest absolute Gasteiger partial charge is 0.310 e. The van der Waals surface area contributed by atoms with Gasteiger partial charge in [0.15, 0.2) is 0 Å². The molecule has 3 heteroatoms. The molecular formula is C14H20ClNS. The van der Waals surface area contributed by atoms with Gasteiger partial charge in [-0.2, -0.15) is 0 Å². The minimum absolute atomic E-state index is 0.571. The second kappa shape index (κ2) is 4.91. The third-order valence-corrected chi connectivity index (χ3v) is 5.85. The molecule has 3 rings (SSSR count). The summed E-state index contributed by atoms with van der Waals surface area (Å²) in [7, 11) is 0. The average Bonchev–Trinajstić information content (AvgIpc) is 2.93. The quantitative estimate of drug-likeness (QED) is 0.857. The predicted molar refractivity (Wildman–Crippen MR) is 74.9 cm³/mol. The minimum atomic E-state index is 0.571. The van der Waals surface area contributed by atoms with Crippen LogP contribution in [0.3, 0.4) is 0 Å². The van der Waals surface area contributed by atoms with Crippen molar-refractivity contribution in [2.24, 2.45) is 11.8 Å². The summed E-state index contributed by atoms with van der Waals surface area (Å²) >= 11 is 7.85. The molecule has 3 atom stereocenters. The normalized spacial score (nSPS) is 32.0. The van der Waals surface area contributed by atoms with Gasteiger partial charge in [0, 0.05) is 10.9 Å². The molecule has 0 saturated heterocycles. The van der Waals surface area contributed by atoms with Crippen molar-refractivity contribution in [2.75, 3.05) is 6.54 Å². The van der Waals surface area contributed by atoms with E-state index >= 15 is 0 Å². The summed E-state index contributed by atoms with van der Waals surface area (Å²) < 4.78 is 0.954. The maximum absolute atomic E-state index is 6.08. The fraction of sp³-hybridized carbons (Fsp3) is 0.714. The predicted octanol–water partition coefficient (Wildman–Crippen LogP) is 4.41. The molecule has 1 aromatic rings. The van der Waals surface area contributed by atoms with Gasteiger partial charge in [-0.3, -0.25) is 0 Å². The number of halogens is 1. The van der Waals surface area contributed by atoms with Gasteiger partial charge in [-0.05, 0) is 49.3 Å². The van der Waals surface area contributed by atoms with Crippen LogP contribution >= 0.6 is 22.9 Å². The monoisotopic (exact) mass is 269 g/mol. The molecule has 1 N–H and O–H groups in total. The van der Waals surface area contributed by atoms with Crippen LogP contribution in [0.4, 0.5) is 0 Å². The molecule has 2 aliphatic carbocycles. The second-order valence-electron chi connectivity index (χ2n) is 5.60. The summed E-state index contributed by atoms with van der Waals surface area (Å²) in [5, 5.41) is 3.77. The smallest absolute Gasteiger partial charge is 0.0934 e. The molecule has 0 radical (unpaired) electrons. The summed E-state index contributed by atoms with van der Waals surface area (Å²) in [5.41, 5.74) is 1.48.